The van der Waals surface area contributed by atoms with E-state index < -0.39 is 0 Å². The predicted octanol–water partition coefficient (Wildman–Crippen LogP) is 4.44. The maximum Gasteiger partial charge on any atom is 0.120 e. The summed E-state index contributed by atoms with van der Waals surface area (Å²) in [7, 11) is 1.67. The first kappa shape index (κ1) is 14.7. The molecule has 19 heavy (non-hydrogen) atoms. The van der Waals surface area contributed by atoms with Crippen molar-refractivity contribution in [1.82, 2.24) is 5.32 Å². The summed E-state index contributed by atoms with van der Waals surface area (Å²) in [5.41, 5.74) is 1.21. The first-order valence-corrected chi connectivity index (χ1v) is 7.62. The van der Waals surface area contributed by atoms with Crippen molar-refractivity contribution in [2.45, 2.75) is 39.2 Å². The molecule has 3 unspecified atom stereocenters. The third kappa shape index (κ3) is 3.24. The molecule has 1 aromatic carbocycles. The Kier molecular flexibility index (Phi) is 5.12. The molecule has 3 atom stereocenters. The molecule has 0 saturated heterocycles. The van der Waals surface area contributed by atoms with E-state index in [0.29, 0.717) is 12.0 Å². The Bertz CT molecular complexity index is 421. The lowest BCUT2D eigenvalue weighted by atomic mass is 9.86. The molecule has 1 aliphatic rings. The average molecular weight is 282 g/mol. The van der Waals surface area contributed by atoms with Gasteiger partial charge in [-0.2, -0.15) is 0 Å². The topological polar surface area (TPSA) is 21.3 Å². The summed E-state index contributed by atoms with van der Waals surface area (Å²) in [6.45, 7) is 5.49. The minimum Gasteiger partial charge on any atom is -0.497 e. The molecule has 0 aromatic heterocycles. The molecule has 1 aliphatic carbocycles. The van der Waals surface area contributed by atoms with Crippen LogP contribution in [0.1, 0.15) is 44.7 Å². The van der Waals surface area contributed by atoms with Crippen molar-refractivity contribution in [1.29, 1.82) is 0 Å². The maximum atomic E-state index is 6.44. The molecule has 0 heterocycles. The molecule has 106 valence electrons. The summed E-state index contributed by atoms with van der Waals surface area (Å²) in [5, 5.41) is 4.43. The van der Waals surface area contributed by atoms with Crippen LogP contribution in [0.4, 0.5) is 0 Å². The van der Waals surface area contributed by atoms with Crippen molar-refractivity contribution < 1.29 is 4.74 Å². The van der Waals surface area contributed by atoms with E-state index in [1.807, 2.05) is 12.1 Å². The van der Waals surface area contributed by atoms with Crippen LogP contribution < -0.4 is 10.1 Å². The quantitative estimate of drug-likeness (QED) is 0.862. The van der Waals surface area contributed by atoms with Gasteiger partial charge in [0.15, 0.2) is 0 Å². The van der Waals surface area contributed by atoms with Gasteiger partial charge in [-0.25, -0.2) is 0 Å². The standard InChI is InChI=1S/C16H24ClNO/c1-4-18-16(13-7-5-6-11(13)2)14-9-8-12(19-3)10-15(14)17/h8-11,13,16,18H,4-7H2,1-3H3. The average Bonchev–Trinajstić information content (AvgIpc) is 2.82. The van der Waals surface area contributed by atoms with Crippen molar-refractivity contribution in [3.63, 3.8) is 0 Å². The molecular formula is C16H24ClNO. The van der Waals surface area contributed by atoms with Crippen LogP contribution in [-0.4, -0.2) is 13.7 Å². The predicted molar refractivity (Wildman–Crippen MR) is 80.9 cm³/mol. The Hall–Kier alpha value is -0.730. The SMILES string of the molecule is CCNC(c1ccc(OC)cc1Cl)C1CCCC1C. The van der Waals surface area contributed by atoms with E-state index in [2.05, 4.69) is 25.2 Å². The zero-order valence-electron chi connectivity index (χ0n) is 12.1. The van der Waals surface area contributed by atoms with Gasteiger partial charge < -0.3 is 10.1 Å². The Morgan fingerprint density at radius 2 is 2.21 bits per heavy atom. The fourth-order valence-corrected chi connectivity index (χ4v) is 3.56. The molecule has 2 rings (SSSR count). The monoisotopic (exact) mass is 281 g/mol. The molecular weight excluding hydrogens is 258 g/mol. The highest BCUT2D eigenvalue weighted by atomic mass is 35.5. The number of hydrogen-bond donors (Lipinski definition) is 1. The highest BCUT2D eigenvalue weighted by molar-refractivity contribution is 6.31. The molecule has 3 heteroatoms. The molecule has 0 bridgehead atoms. The number of ether oxygens (including phenoxy) is 1. The zero-order chi connectivity index (χ0) is 13.8. The second-order valence-corrected chi connectivity index (χ2v) is 5.90. The molecule has 1 N–H and O–H groups in total. The van der Waals surface area contributed by atoms with Gasteiger partial charge in [0, 0.05) is 11.1 Å². The highest BCUT2D eigenvalue weighted by Gasteiger charge is 2.32. The van der Waals surface area contributed by atoms with Gasteiger partial charge in [-0.3, -0.25) is 0 Å². The van der Waals surface area contributed by atoms with E-state index in [1.165, 1.54) is 24.8 Å². The van der Waals surface area contributed by atoms with Gasteiger partial charge in [-0.1, -0.05) is 44.4 Å². The lowest BCUT2D eigenvalue weighted by molar-refractivity contribution is 0.305. The summed E-state index contributed by atoms with van der Waals surface area (Å²) in [6, 6.07) is 6.40. The molecule has 0 spiro atoms. The lowest BCUT2D eigenvalue weighted by Crippen LogP contribution is -2.29. The first-order chi connectivity index (χ1) is 9.17. The van der Waals surface area contributed by atoms with Gasteiger partial charge in [0.25, 0.3) is 0 Å². The van der Waals surface area contributed by atoms with Crippen LogP contribution in [-0.2, 0) is 0 Å². The molecule has 1 saturated carbocycles. The fourth-order valence-electron chi connectivity index (χ4n) is 3.27. The third-order valence-corrected chi connectivity index (χ3v) is 4.65. The van der Waals surface area contributed by atoms with Crippen molar-refractivity contribution in [3.05, 3.63) is 28.8 Å². The Morgan fingerprint density at radius 1 is 1.42 bits per heavy atom. The van der Waals surface area contributed by atoms with Gasteiger partial charge in [-0.15, -0.1) is 0 Å². The maximum absolute atomic E-state index is 6.44. The first-order valence-electron chi connectivity index (χ1n) is 7.24. The van der Waals surface area contributed by atoms with Gasteiger partial charge in [0.05, 0.1) is 7.11 Å². The third-order valence-electron chi connectivity index (χ3n) is 4.32. The van der Waals surface area contributed by atoms with Crippen LogP contribution in [0.5, 0.6) is 5.75 Å². The Balaban J connectivity index is 2.28. The second-order valence-electron chi connectivity index (χ2n) is 5.49. The molecule has 0 radical (unpaired) electrons. The number of benzene rings is 1. The normalized spacial score (nSPS) is 24.4. The van der Waals surface area contributed by atoms with Crippen LogP contribution in [0, 0.1) is 11.8 Å². The van der Waals surface area contributed by atoms with Crippen molar-refractivity contribution in [2.24, 2.45) is 11.8 Å². The van der Waals surface area contributed by atoms with Crippen LogP contribution in [0.3, 0.4) is 0 Å². The van der Waals surface area contributed by atoms with E-state index in [4.69, 9.17) is 16.3 Å². The summed E-state index contributed by atoms with van der Waals surface area (Å²) in [5.74, 6) is 2.27. The van der Waals surface area contributed by atoms with Crippen molar-refractivity contribution in [2.75, 3.05) is 13.7 Å². The zero-order valence-corrected chi connectivity index (χ0v) is 12.8. The lowest BCUT2D eigenvalue weighted by Gasteiger charge is -2.29. The smallest absolute Gasteiger partial charge is 0.120 e. The van der Waals surface area contributed by atoms with Crippen molar-refractivity contribution in [3.8, 4) is 5.75 Å². The fraction of sp³-hybridized carbons (Fsp3) is 0.625. The largest absolute Gasteiger partial charge is 0.497 e. The van der Waals surface area contributed by atoms with Gasteiger partial charge in [0.2, 0.25) is 0 Å². The molecule has 0 aliphatic heterocycles. The van der Waals surface area contributed by atoms with Gasteiger partial charge >= 0.3 is 0 Å². The number of halogens is 1. The highest BCUT2D eigenvalue weighted by Crippen LogP contribution is 2.42. The van der Waals surface area contributed by atoms with Crippen LogP contribution >= 0.6 is 11.6 Å². The summed E-state index contributed by atoms with van der Waals surface area (Å²) in [4.78, 5) is 0. The molecule has 1 fully saturated rings. The summed E-state index contributed by atoms with van der Waals surface area (Å²) in [6.07, 6.45) is 3.96. The minimum atomic E-state index is 0.362. The van der Waals surface area contributed by atoms with Crippen LogP contribution in [0.25, 0.3) is 0 Å². The number of methoxy groups -OCH3 is 1. The van der Waals surface area contributed by atoms with E-state index in [9.17, 15) is 0 Å². The molecule has 0 amide bonds. The Morgan fingerprint density at radius 3 is 2.74 bits per heavy atom. The number of hydrogen-bond acceptors (Lipinski definition) is 2. The Labute approximate surface area is 121 Å². The van der Waals surface area contributed by atoms with E-state index in [-0.39, 0.29) is 0 Å². The van der Waals surface area contributed by atoms with E-state index in [1.54, 1.807) is 7.11 Å². The van der Waals surface area contributed by atoms with Crippen molar-refractivity contribution >= 4 is 11.6 Å². The summed E-state index contributed by atoms with van der Waals surface area (Å²) >= 11 is 6.44. The minimum absolute atomic E-state index is 0.362. The van der Waals surface area contributed by atoms with Crippen LogP contribution in [0.15, 0.2) is 18.2 Å². The summed E-state index contributed by atoms with van der Waals surface area (Å²) < 4.78 is 5.23. The van der Waals surface area contributed by atoms with E-state index in [0.717, 1.165) is 23.2 Å². The number of rotatable bonds is 5. The van der Waals surface area contributed by atoms with Gasteiger partial charge in [0.1, 0.15) is 5.75 Å². The van der Waals surface area contributed by atoms with Crippen LogP contribution in [0.2, 0.25) is 5.02 Å². The molecule has 1 aromatic rings. The second kappa shape index (κ2) is 6.62. The van der Waals surface area contributed by atoms with E-state index >= 15 is 0 Å². The van der Waals surface area contributed by atoms with Gasteiger partial charge in [-0.05, 0) is 42.5 Å². The number of nitrogens with one attached hydrogen (secondary N) is 1. The molecule has 2 nitrogen and oxygen atoms in total.